The van der Waals surface area contributed by atoms with E-state index in [1.807, 2.05) is 31.2 Å². The minimum absolute atomic E-state index is 0.0913. The van der Waals surface area contributed by atoms with Gasteiger partial charge >= 0.3 is 0 Å². The number of hydrogen-bond acceptors (Lipinski definition) is 2. The van der Waals surface area contributed by atoms with E-state index in [0.717, 1.165) is 0 Å². The molecule has 0 aliphatic heterocycles. The van der Waals surface area contributed by atoms with Crippen LogP contribution in [0, 0.1) is 0 Å². The number of hydrogen-bond donors (Lipinski definition) is 2. The molecule has 4 heteroatoms. The lowest BCUT2D eigenvalue weighted by atomic mass is 9.87. The fraction of sp³-hybridized carbons (Fsp3) is 0.429. The van der Waals surface area contributed by atoms with Crippen molar-refractivity contribution in [3.63, 3.8) is 0 Å². The smallest absolute Gasteiger partial charge is 0.257 e. The third-order valence-electron chi connectivity index (χ3n) is 2.58. The van der Waals surface area contributed by atoms with E-state index in [9.17, 15) is 4.79 Å². The van der Waals surface area contributed by atoms with Gasteiger partial charge in [0.1, 0.15) is 0 Å². The zero-order valence-electron chi connectivity index (χ0n) is 11.3. The van der Waals surface area contributed by atoms with Gasteiger partial charge in [-0.3, -0.25) is 10.1 Å². The highest BCUT2D eigenvalue weighted by atomic mass is 32.1. The van der Waals surface area contributed by atoms with Gasteiger partial charge in [-0.1, -0.05) is 32.9 Å². The molecule has 2 N–H and O–H groups in total. The van der Waals surface area contributed by atoms with Crippen molar-refractivity contribution < 1.29 is 4.79 Å². The lowest BCUT2D eigenvalue weighted by Crippen LogP contribution is -2.39. The molecule has 0 aliphatic rings. The summed E-state index contributed by atoms with van der Waals surface area (Å²) in [6.07, 6.45) is 0. The lowest BCUT2D eigenvalue weighted by molar-refractivity contribution is 0.0976. The van der Waals surface area contributed by atoms with E-state index in [0.29, 0.717) is 17.2 Å². The monoisotopic (exact) mass is 264 g/mol. The molecule has 0 saturated heterocycles. The third kappa shape index (κ3) is 4.11. The minimum atomic E-state index is -0.179. The summed E-state index contributed by atoms with van der Waals surface area (Å²) >= 11 is 4.97. The van der Waals surface area contributed by atoms with Crippen LogP contribution in [0.25, 0.3) is 0 Å². The summed E-state index contributed by atoms with van der Waals surface area (Å²) in [5, 5.41) is 5.88. The average Bonchev–Trinajstić information content (AvgIpc) is 2.28. The standard InChI is InChI=1S/C14H20N2OS/c1-5-15-13(18)16-12(17)10-6-8-11(9-7-10)14(2,3)4/h6-9H,5H2,1-4H3,(H2,15,16,17,18). The summed E-state index contributed by atoms with van der Waals surface area (Å²) in [5.41, 5.74) is 1.91. The molecule has 1 aromatic carbocycles. The van der Waals surface area contributed by atoms with E-state index in [1.54, 1.807) is 0 Å². The van der Waals surface area contributed by atoms with Crippen molar-refractivity contribution in [2.75, 3.05) is 6.54 Å². The van der Waals surface area contributed by atoms with Gasteiger partial charge in [0.2, 0.25) is 0 Å². The van der Waals surface area contributed by atoms with Gasteiger partial charge in [0.15, 0.2) is 5.11 Å². The number of carbonyl (C=O) groups excluding carboxylic acids is 1. The normalized spacial score (nSPS) is 10.9. The number of thiocarbonyl (C=S) groups is 1. The summed E-state index contributed by atoms with van der Waals surface area (Å²) in [5.74, 6) is -0.179. The second-order valence-electron chi connectivity index (χ2n) is 5.14. The molecule has 3 nitrogen and oxygen atoms in total. The van der Waals surface area contributed by atoms with Crippen LogP contribution in [0.4, 0.5) is 0 Å². The van der Waals surface area contributed by atoms with Crippen LogP contribution in [0.5, 0.6) is 0 Å². The summed E-state index contributed by atoms with van der Waals surface area (Å²) in [4.78, 5) is 11.9. The fourth-order valence-electron chi connectivity index (χ4n) is 1.50. The van der Waals surface area contributed by atoms with Crippen LogP contribution in [-0.4, -0.2) is 17.6 Å². The van der Waals surface area contributed by atoms with E-state index >= 15 is 0 Å². The summed E-state index contributed by atoms with van der Waals surface area (Å²) in [6.45, 7) is 9.05. The Morgan fingerprint density at radius 2 is 1.78 bits per heavy atom. The van der Waals surface area contributed by atoms with Gasteiger partial charge in [0.25, 0.3) is 5.91 Å². The van der Waals surface area contributed by atoms with Gasteiger partial charge in [-0.05, 0) is 42.3 Å². The molecule has 1 aromatic rings. The maximum absolute atomic E-state index is 11.9. The minimum Gasteiger partial charge on any atom is -0.363 e. The van der Waals surface area contributed by atoms with Crippen LogP contribution in [-0.2, 0) is 5.41 Å². The summed E-state index contributed by atoms with van der Waals surface area (Å²) in [7, 11) is 0. The molecule has 0 aliphatic carbocycles. The van der Waals surface area contributed by atoms with Crippen LogP contribution in [0.3, 0.4) is 0 Å². The largest absolute Gasteiger partial charge is 0.363 e. The number of nitrogens with one attached hydrogen (secondary N) is 2. The molecule has 0 unspecified atom stereocenters. The second kappa shape index (κ2) is 5.96. The molecule has 0 bridgehead atoms. The van der Waals surface area contributed by atoms with Gasteiger partial charge in [-0.2, -0.15) is 0 Å². The number of amides is 1. The Morgan fingerprint density at radius 3 is 2.22 bits per heavy atom. The van der Waals surface area contributed by atoms with Crippen molar-refractivity contribution in [3.05, 3.63) is 35.4 Å². The fourth-order valence-corrected chi connectivity index (χ4v) is 1.74. The van der Waals surface area contributed by atoms with Gasteiger partial charge in [0, 0.05) is 12.1 Å². The molecule has 0 saturated carbocycles. The Morgan fingerprint density at radius 1 is 1.22 bits per heavy atom. The maximum atomic E-state index is 11.9. The van der Waals surface area contributed by atoms with Crippen LogP contribution >= 0.6 is 12.2 Å². The molecular formula is C14H20N2OS. The van der Waals surface area contributed by atoms with E-state index in [1.165, 1.54) is 5.56 Å². The molecule has 1 rings (SSSR count). The van der Waals surface area contributed by atoms with Crippen LogP contribution in [0.2, 0.25) is 0 Å². The molecule has 0 spiro atoms. The van der Waals surface area contributed by atoms with Gasteiger partial charge in [0.05, 0.1) is 0 Å². The van der Waals surface area contributed by atoms with Crippen molar-refractivity contribution in [2.45, 2.75) is 33.1 Å². The van der Waals surface area contributed by atoms with Crippen LogP contribution in [0.15, 0.2) is 24.3 Å². The van der Waals surface area contributed by atoms with Crippen LogP contribution < -0.4 is 10.6 Å². The molecule has 0 fully saturated rings. The first kappa shape index (κ1) is 14.6. The Bertz CT molecular complexity index is 432. The van der Waals surface area contributed by atoms with E-state index in [-0.39, 0.29) is 11.3 Å². The topological polar surface area (TPSA) is 41.1 Å². The van der Waals surface area contributed by atoms with E-state index < -0.39 is 0 Å². The molecule has 98 valence electrons. The molecule has 18 heavy (non-hydrogen) atoms. The third-order valence-corrected chi connectivity index (χ3v) is 2.82. The number of carbonyl (C=O) groups is 1. The Hall–Kier alpha value is -1.42. The average molecular weight is 264 g/mol. The Kier molecular flexibility index (Phi) is 4.84. The predicted octanol–water partition coefficient (Wildman–Crippen LogP) is 2.61. The van der Waals surface area contributed by atoms with Crippen LogP contribution in [0.1, 0.15) is 43.6 Å². The first-order valence-corrected chi connectivity index (χ1v) is 6.45. The van der Waals surface area contributed by atoms with Crippen molar-refractivity contribution >= 4 is 23.2 Å². The predicted molar refractivity (Wildman–Crippen MR) is 78.9 cm³/mol. The lowest BCUT2D eigenvalue weighted by Gasteiger charge is -2.19. The quantitative estimate of drug-likeness (QED) is 0.807. The zero-order chi connectivity index (χ0) is 13.8. The van der Waals surface area contributed by atoms with Crippen molar-refractivity contribution in [2.24, 2.45) is 0 Å². The first-order valence-electron chi connectivity index (χ1n) is 6.04. The highest BCUT2D eigenvalue weighted by molar-refractivity contribution is 7.80. The first-order chi connectivity index (χ1) is 8.34. The molecule has 1 amide bonds. The Labute approximate surface area is 114 Å². The van der Waals surface area contributed by atoms with E-state index in [2.05, 4.69) is 31.4 Å². The SMILES string of the molecule is CCNC(=S)NC(=O)c1ccc(C(C)(C)C)cc1. The summed E-state index contributed by atoms with van der Waals surface area (Å²) in [6, 6.07) is 7.60. The number of rotatable bonds is 2. The number of benzene rings is 1. The highest BCUT2D eigenvalue weighted by Gasteiger charge is 2.14. The maximum Gasteiger partial charge on any atom is 0.257 e. The van der Waals surface area contributed by atoms with Crippen molar-refractivity contribution in [1.29, 1.82) is 0 Å². The molecule has 0 radical (unpaired) electrons. The van der Waals surface area contributed by atoms with E-state index in [4.69, 9.17) is 12.2 Å². The zero-order valence-corrected chi connectivity index (χ0v) is 12.1. The van der Waals surface area contributed by atoms with Gasteiger partial charge in [-0.25, -0.2) is 0 Å². The molecule has 0 atom stereocenters. The molecular weight excluding hydrogens is 244 g/mol. The van der Waals surface area contributed by atoms with Crippen molar-refractivity contribution in [1.82, 2.24) is 10.6 Å². The highest BCUT2D eigenvalue weighted by Crippen LogP contribution is 2.22. The molecule has 0 heterocycles. The van der Waals surface area contributed by atoms with Gasteiger partial charge in [-0.15, -0.1) is 0 Å². The second-order valence-corrected chi connectivity index (χ2v) is 5.55. The van der Waals surface area contributed by atoms with Crippen molar-refractivity contribution in [3.8, 4) is 0 Å². The molecule has 0 aromatic heterocycles. The summed E-state index contributed by atoms with van der Waals surface area (Å²) < 4.78 is 0. The Balaban J connectivity index is 2.74. The van der Waals surface area contributed by atoms with Gasteiger partial charge < -0.3 is 5.32 Å².